The summed E-state index contributed by atoms with van der Waals surface area (Å²) >= 11 is 2.22. The van der Waals surface area contributed by atoms with Crippen molar-refractivity contribution in [1.82, 2.24) is 5.32 Å². The summed E-state index contributed by atoms with van der Waals surface area (Å²) in [6.07, 6.45) is 0. The SMILES string of the molecule is C[C@@H](NC(=O)Nc1cccc(I)c1)c1ccccc1. The summed E-state index contributed by atoms with van der Waals surface area (Å²) < 4.78 is 1.09. The quantitative estimate of drug-likeness (QED) is 0.787. The molecular weight excluding hydrogens is 351 g/mol. The predicted octanol–water partition coefficient (Wildman–Crippen LogP) is 4.17. The maximum atomic E-state index is 11.9. The lowest BCUT2D eigenvalue weighted by Gasteiger charge is -2.15. The fourth-order valence-electron chi connectivity index (χ4n) is 1.76. The molecule has 4 heteroatoms. The van der Waals surface area contributed by atoms with E-state index in [1.807, 2.05) is 61.5 Å². The first-order valence-corrected chi connectivity index (χ1v) is 7.11. The van der Waals surface area contributed by atoms with Crippen molar-refractivity contribution in [2.75, 3.05) is 5.32 Å². The summed E-state index contributed by atoms with van der Waals surface area (Å²) in [4.78, 5) is 11.9. The van der Waals surface area contributed by atoms with Crippen LogP contribution in [-0.2, 0) is 0 Å². The van der Waals surface area contributed by atoms with Gasteiger partial charge in [0, 0.05) is 9.26 Å². The van der Waals surface area contributed by atoms with Crippen molar-refractivity contribution in [3.63, 3.8) is 0 Å². The number of carbonyl (C=O) groups is 1. The molecule has 0 heterocycles. The molecule has 0 saturated carbocycles. The number of rotatable bonds is 3. The zero-order chi connectivity index (χ0) is 13.7. The summed E-state index contributed by atoms with van der Waals surface area (Å²) in [6.45, 7) is 1.96. The summed E-state index contributed by atoms with van der Waals surface area (Å²) in [6, 6.07) is 17.4. The van der Waals surface area contributed by atoms with Crippen LogP contribution in [0.15, 0.2) is 54.6 Å². The second-order valence-electron chi connectivity index (χ2n) is 4.24. The lowest BCUT2D eigenvalue weighted by Crippen LogP contribution is -2.31. The van der Waals surface area contributed by atoms with Crippen LogP contribution in [0.3, 0.4) is 0 Å². The number of hydrogen-bond acceptors (Lipinski definition) is 1. The van der Waals surface area contributed by atoms with Crippen LogP contribution in [0.5, 0.6) is 0 Å². The molecule has 0 aromatic heterocycles. The first-order chi connectivity index (χ1) is 9.15. The average molecular weight is 366 g/mol. The molecule has 3 nitrogen and oxygen atoms in total. The number of anilines is 1. The van der Waals surface area contributed by atoms with Gasteiger partial charge in [0.2, 0.25) is 0 Å². The van der Waals surface area contributed by atoms with E-state index in [4.69, 9.17) is 0 Å². The van der Waals surface area contributed by atoms with Crippen LogP contribution < -0.4 is 10.6 Å². The van der Waals surface area contributed by atoms with Crippen LogP contribution in [-0.4, -0.2) is 6.03 Å². The molecule has 2 amide bonds. The van der Waals surface area contributed by atoms with E-state index in [0.29, 0.717) is 0 Å². The third-order valence-electron chi connectivity index (χ3n) is 2.73. The van der Waals surface area contributed by atoms with Crippen LogP contribution >= 0.6 is 22.6 Å². The summed E-state index contributed by atoms with van der Waals surface area (Å²) in [5.74, 6) is 0. The molecule has 2 aromatic rings. The highest BCUT2D eigenvalue weighted by atomic mass is 127. The largest absolute Gasteiger partial charge is 0.331 e. The third-order valence-corrected chi connectivity index (χ3v) is 3.40. The van der Waals surface area contributed by atoms with Crippen LogP contribution in [0, 0.1) is 3.57 Å². The van der Waals surface area contributed by atoms with Crippen LogP contribution in [0.1, 0.15) is 18.5 Å². The van der Waals surface area contributed by atoms with Gasteiger partial charge in [-0.1, -0.05) is 36.4 Å². The molecule has 2 rings (SSSR count). The third kappa shape index (κ3) is 4.24. The zero-order valence-electron chi connectivity index (χ0n) is 10.6. The van der Waals surface area contributed by atoms with E-state index in [0.717, 1.165) is 14.8 Å². The zero-order valence-corrected chi connectivity index (χ0v) is 12.7. The topological polar surface area (TPSA) is 41.1 Å². The predicted molar refractivity (Wildman–Crippen MR) is 86.2 cm³/mol. The molecule has 0 unspecified atom stereocenters. The normalized spacial score (nSPS) is 11.7. The second kappa shape index (κ2) is 6.56. The van der Waals surface area contributed by atoms with Crippen LogP contribution in [0.25, 0.3) is 0 Å². The monoisotopic (exact) mass is 366 g/mol. The molecule has 2 aromatic carbocycles. The Morgan fingerprint density at radius 3 is 2.53 bits per heavy atom. The Morgan fingerprint density at radius 1 is 1.11 bits per heavy atom. The van der Waals surface area contributed by atoms with Gasteiger partial charge >= 0.3 is 6.03 Å². The van der Waals surface area contributed by atoms with Gasteiger partial charge in [-0.2, -0.15) is 0 Å². The Balaban J connectivity index is 1.95. The summed E-state index contributed by atoms with van der Waals surface area (Å²) in [5, 5.41) is 5.74. The molecule has 0 aliphatic heterocycles. The number of urea groups is 1. The molecule has 0 aliphatic rings. The van der Waals surface area contributed by atoms with Crippen molar-refractivity contribution in [3.8, 4) is 0 Å². The number of carbonyl (C=O) groups excluding carboxylic acids is 1. The molecule has 19 heavy (non-hydrogen) atoms. The van der Waals surface area contributed by atoms with E-state index in [-0.39, 0.29) is 12.1 Å². The Morgan fingerprint density at radius 2 is 1.84 bits per heavy atom. The van der Waals surface area contributed by atoms with Gasteiger partial charge in [-0.3, -0.25) is 0 Å². The van der Waals surface area contributed by atoms with Gasteiger partial charge in [0.25, 0.3) is 0 Å². The van der Waals surface area contributed by atoms with Gasteiger partial charge in [0.1, 0.15) is 0 Å². The molecule has 2 N–H and O–H groups in total. The molecular formula is C15H15IN2O. The molecule has 0 saturated heterocycles. The lowest BCUT2D eigenvalue weighted by molar-refractivity contribution is 0.249. The van der Waals surface area contributed by atoms with Gasteiger partial charge in [0.05, 0.1) is 6.04 Å². The first-order valence-electron chi connectivity index (χ1n) is 6.03. The van der Waals surface area contributed by atoms with E-state index < -0.39 is 0 Å². The van der Waals surface area contributed by atoms with Gasteiger partial charge in [-0.15, -0.1) is 0 Å². The van der Waals surface area contributed by atoms with Gasteiger partial charge in [-0.25, -0.2) is 4.79 Å². The van der Waals surface area contributed by atoms with Crippen molar-refractivity contribution in [3.05, 3.63) is 63.7 Å². The minimum Gasteiger partial charge on any atom is -0.331 e. The highest BCUT2D eigenvalue weighted by Crippen LogP contribution is 2.14. The Hall–Kier alpha value is -1.56. The van der Waals surface area contributed by atoms with Crippen molar-refractivity contribution >= 4 is 34.3 Å². The fourth-order valence-corrected chi connectivity index (χ4v) is 2.30. The van der Waals surface area contributed by atoms with E-state index >= 15 is 0 Å². The summed E-state index contributed by atoms with van der Waals surface area (Å²) in [5.41, 5.74) is 1.88. The average Bonchev–Trinajstić information content (AvgIpc) is 2.39. The minimum atomic E-state index is -0.196. The van der Waals surface area contributed by atoms with Gasteiger partial charge in [0.15, 0.2) is 0 Å². The minimum absolute atomic E-state index is 0.0241. The number of nitrogens with one attached hydrogen (secondary N) is 2. The molecule has 0 radical (unpaired) electrons. The van der Waals surface area contributed by atoms with Gasteiger partial charge in [-0.05, 0) is 53.3 Å². The highest BCUT2D eigenvalue weighted by molar-refractivity contribution is 14.1. The second-order valence-corrected chi connectivity index (χ2v) is 5.49. The van der Waals surface area contributed by atoms with Crippen LogP contribution in [0.2, 0.25) is 0 Å². The van der Waals surface area contributed by atoms with Crippen molar-refractivity contribution in [2.24, 2.45) is 0 Å². The van der Waals surface area contributed by atoms with E-state index in [1.165, 1.54) is 0 Å². The maximum absolute atomic E-state index is 11.9. The fraction of sp³-hybridized carbons (Fsp3) is 0.133. The molecule has 98 valence electrons. The molecule has 1 atom stereocenters. The van der Waals surface area contributed by atoms with Crippen LogP contribution in [0.4, 0.5) is 10.5 Å². The number of hydrogen-bond donors (Lipinski definition) is 2. The van der Waals surface area contributed by atoms with Crippen molar-refractivity contribution in [1.29, 1.82) is 0 Å². The number of benzene rings is 2. The standard InChI is InChI=1S/C15H15IN2O/c1-11(12-6-3-2-4-7-12)17-15(19)18-14-9-5-8-13(16)10-14/h2-11H,1H3,(H2,17,18,19)/t11-/m1/s1. The Kier molecular flexibility index (Phi) is 4.79. The summed E-state index contributed by atoms with van der Waals surface area (Å²) in [7, 11) is 0. The highest BCUT2D eigenvalue weighted by Gasteiger charge is 2.08. The molecule has 0 aliphatic carbocycles. The van der Waals surface area contributed by atoms with E-state index in [1.54, 1.807) is 0 Å². The molecule has 0 fully saturated rings. The van der Waals surface area contributed by atoms with Gasteiger partial charge < -0.3 is 10.6 Å². The van der Waals surface area contributed by atoms with Crippen molar-refractivity contribution in [2.45, 2.75) is 13.0 Å². The Bertz CT molecular complexity index is 557. The van der Waals surface area contributed by atoms with Crippen molar-refractivity contribution < 1.29 is 4.79 Å². The first kappa shape index (κ1) is 13.9. The van der Waals surface area contributed by atoms with E-state index in [2.05, 4.69) is 33.2 Å². The number of halogens is 1. The molecule has 0 spiro atoms. The number of amides is 2. The lowest BCUT2D eigenvalue weighted by atomic mass is 10.1. The van der Waals surface area contributed by atoms with E-state index in [9.17, 15) is 4.79 Å². The maximum Gasteiger partial charge on any atom is 0.319 e. The molecule has 0 bridgehead atoms. The smallest absolute Gasteiger partial charge is 0.319 e. The Labute approximate surface area is 126 Å².